The highest BCUT2D eigenvalue weighted by Crippen LogP contribution is 2.28. The minimum absolute atomic E-state index is 0.219. The average Bonchev–Trinajstić information content (AvgIpc) is 2.82. The summed E-state index contributed by atoms with van der Waals surface area (Å²) in [5, 5.41) is 9.02. The normalized spacial score (nSPS) is 15.1. The van der Waals surface area contributed by atoms with E-state index in [0.29, 0.717) is 11.4 Å². The molecule has 0 spiro atoms. The number of hydrogen-bond donors (Lipinski definition) is 1. The number of nitrogens with zero attached hydrogens (tertiary/aromatic N) is 1. The molecule has 1 aliphatic heterocycles. The van der Waals surface area contributed by atoms with E-state index in [1.165, 1.54) is 17.4 Å². The number of aromatic carboxylic acids is 1. The Bertz CT molecular complexity index is 653. The van der Waals surface area contributed by atoms with Gasteiger partial charge in [-0.05, 0) is 35.7 Å². The maximum absolute atomic E-state index is 13.2. The van der Waals surface area contributed by atoms with Crippen molar-refractivity contribution < 1.29 is 14.3 Å². The molecule has 0 amide bonds. The van der Waals surface area contributed by atoms with Crippen LogP contribution in [-0.2, 0) is 19.5 Å². The topological polar surface area (TPSA) is 40.5 Å². The van der Waals surface area contributed by atoms with E-state index in [1.807, 2.05) is 6.07 Å². The molecular formula is C15H14FNO2S. The summed E-state index contributed by atoms with van der Waals surface area (Å²) in [6, 6.07) is 8.38. The zero-order chi connectivity index (χ0) is 14.1. The summed E-state index contributed by atoms with van der Waals surface area (Å²) in [6.45, 7) is 2.30. The summed E-state index contributed by atoms with van der Waals surface area (Å²) in [4.78, 5) is 14.8. The third-order valence-electron chi connectivity index (χ3n) is 3.45. The molecule has 1 N–H and O–H groups in total. The van der Waals surface area contributed by atoms with Gasteiger partial charge in [0.15, 0.2) is 0 Å². The highest BCUT2D eigenvalue weighted by Gasteiger charge is 2.21. The number of carboxylic acids is 1. The van der Waals surface area contributed by atoms with E-state index in [4.69, 9.17) is 5.11 Å². The van der Waals surface area contributed by atoms with Crippen LogP contribution >= 0.6 is 11.3 Å². The van der Waals surface area contributed by atoms with Crippen molar-refractivity contribution in [3.8, 4) is 0 Å². The van der Waals surface area contributed by atoms with Crippen LogP contribution in [0.15, 0.2) is 30.3 Å². The van der Waals surface area contributed by atoms with Crippen molar-refractivity contribution in [2.24, 2.45) is 0 Å². The van der Waals surface area contributed by atoms with Crippen molar-refractivity contribution in [1.29, 1.82) is 0 Å². The number of carbonyl (C=O) groups is 1. The molecule has 0 saturated heterocycles. The lowest BCUT2D eigenvalue weighted by atomic mass is 10.1. The Morgan fingerprint density at radius 1 is 1.40 bits per heavy atom. The van der Waals surface area contributed by atoms with Gasteiger partial charge in [0.05, 0.1) is 0 Å². The monoisotopic (exact) mass is 291 g/mol. The number of carboxylic acid groups (broad SMARTS) is 1. The molecule has 1 aliphatic rings. The maximum Gasteiger partial charge on any atom is 0.345 e. The second-order valence-electron chi connectivity index (χ2n) is 4.95. The molecule has 5 heteroatoms. The number of thiophene rings is 1. The minimum atomic E-state index is -0.860. The number of halogens is 1. The number of benzene rings is 1. The minimum Gasteiger partial charge on any atom is -0.477 e. The largest absolute Gasteiger partial charge is 0.477 e. The van der Waals surface area contributed by atoms with E-state index in [-0.39, 0.29) is 5.82 Å². The van der Waals surface area contributed by atoms with Crippen LogP contribution in [0.25, 0.3) is 0 Å². The van der Waals surface area contributed by atoms with Crippen LogP contribution in [0.4, 0.5) is 4.39 Å². The van der Waals surface area contributed by atoms with E-state index in [2.05, 4.69) is 4.90 Å². The van der Waals surface area contributed by atoms with Crippen molar-refractivity contribution in [3.63, 3.8) is 0 Å². The van der Waals surface area contributed by atoms with Gasteiger partial charge in [0.1, 0.15) is 10.7 Å². The Kier molecular flexibility index (Phi) is 3.54. The molecule has 0 unspecified atom stereocenters. The summed E-state index contributed by atoms with van der Waals surface area (Å²) in [5.74, 6) is -1.08. The van der Waals surface area contributed by atoms with Gasteiger partial charge < -0.3 is 5.11 Å². The zero-order valence-electron chi connectivity index (χ0n) is 10.8. The van der Waals surface area contributed by atoms with Crippen LogP contribution in [0.3, 0.4) is 0 Å². The van der Waals surface area contributed by atoms with E-state index >= 15 is 0 Å². The fraction of sp³-hybridized carbons (Fsp3) is 0.267. The summed E-state index contributed by atoms with van der Waals surface area (Å²) >= 11 is 1.37. The van der Waals surface area contributed by atoms with Gasteiger partial charge in [-0.15, -0.1) is 11.3 Å². The Hall–Kier alpha value is -1.72. The van der Waals surface area contributed by atoms with Gasteiger partial charge in [-0.2, -0.15) is 0 Å². The molecule has 0 aliphatic carbocycles. The second-order valence-corrected chi connectivity index (χ2v) is 6.09. The average molecular weight is 291 g/mol. The Morgan fingerprint density at radius 3 is 3.00 bits per heavy atom. The SMILES string of the molecule is O=C(O)c1cc2c(s1)CCN(Cc1cccc(F)c1)C2. The Balaban J connectivity index is 1.73. The lowest BCUT2D eigenvalue weighted by molar-refractivity contribution is 0.0702. The van der Waals surface area contributed by atoms with Gasteiger partial charge in [-0.25, -0.2) is 9.18 Å². The van der Waals surface area contributed by atoms with Crippen molar-refractivity contribution in [2.45, 2.75) is 19.5 Å². The highest BCUT2D eigenvalue weighted by molar-refractivity contribution is 7.14. The molecule has 3 rings (SSSR count). The van der Waals surface area contributed by atoms with E-state index in [0.717, 1.165) is 35.5 Å². The van der Waals surface area contributed by atoms with Crippen molar-refractivity contribution >= 4 is 17.3 Å². The molecule has 1 aromatic carbocycles. The summed E-state index contributed by atoms with van der Waals surface area (Å²) in [6.07, 6.45) is 0.864. The predicted octanol–water partition coefficient (Wildman–Crippen LogP) is 3.14. The quantitative estimate of drug-likeness (QED) is 0.944. The van der Waals surface area contributed by atoms with Gasteiger partial charge in [0, 0.05) is 24.5 Å². The lowest BCUT2D eigenvalue weighted by Gasteiger charge is -2.26. The van der Waals surface area contributed by atoms with Crippen molar-refractivity contribution in [3.05, 3.63) is 57.0 Å². The van der Waals surface area contributed by atoms with Crippen molar-refractivity contribution in [2.75, 3.05) is 6.54 Å². The van der Waals surface area contributed by atoms with Crippen LogP contribution in [0.5, 0.6) is 0 Å². The fourth-order valence-electron chi connectivity index (χ4n) is 2.53. The van der Waals surface area contributed by atoms with E-state index in [1.54, 1.807) is 18.2 Å². The fourth-order valence-corrected chi connectivity index (χ4v) is 3.53. The van der Waals surface area contributed by atoms with Crippen LogP contribution in [0.2, 0.25) is 0 Å². The molecule has 20 heavy (non-hydrogen) atoms. The second kappa shape index (κ2) is 5.34. The first-order valence-corrected chi connectivity index (χ1v) is 7.25. The first-order valence-electron chi connectivity index (χ1n) is 6.43. The molecule has 2 aromatic rings. The standard InChI is InChI=1S/C15H14FNO2S/c16-12-3-1-2-10(6-12)8-17-5-4-13-11(9-17)7-14(20-13)15(18)19/h1-3,6-7H,4-5,8-9H2,(H,18,19). The highest BCUT2D eigenvalue weighted by atomic mass is 32.1. The summed E-state index contributed by atoms with van der Waals surface area (Å²) in [7, 11) is 0. The number of hydrogen-bond acceptors (Lipinski definition) is 3. The van der Waals surface area contributed by atoms with Crippen LogP contribution < -0.4 is 0 Å². The van der Waals surface area contributed by atoms with E-state index < -0.39 is 5.97 Å². The smallest absolute Gasteiger partial charge is 0.345 e. The molecule has 0 bridgehead atoms. The van der Waals surface area contributed by atoms with Gasteiger partial charge in [0.2, 0.25) is 0 Å². The van der Waals surface area contributed by atoms with Gasteiger partial charge in [-0.3, -0.25) is 4.90 Å². The molecule has 0 radical (unpaired) electrons. The molecule has 0 saturated carbocycles. The summed E-state index contributed by atoms with van der Waals surface area (Å²) < 4.78 is 13.2. The van der Waals surface area contributed by atoms with Gasteiger partial charge >= 0.3 is 5.97 Å². The maximum atomic E-state index is 13.2. The van der Waals surface area contributed by atoms with Gasteiger partial charge in [-0.1, -0.05) is 12.1 Å². The Labute approximate surface area is 120 Å². The predicted molar refractivity (Wildman–Crippen MR) is 75.5 cm³/mol. The van der Waals surface area contributed by atoms with Crippen molar-refractivity contribution in [1.82, 2.24) is 4.90 Å². The first-order chi connectivity index (χ1) is 9.61. The number of rotatable bonds is 3. The van der Waals surface area contributed by atoms with E-state index in [9.17, 15) is 9.18 Å². The third kappa shape index (κ3) is 2.73. The van der Waals surface area contributed by atoms with Gasteiger partial charge in [0.25, 0.3) is 0 Å². The molecule has 3 nitrogen and oxygen atoms in total. The number of fused-ring (bicyclic) bond motifs is 1. The Morgan fingerprint density at radius 2 is 2.25 bits per heavy atom. The van der Waals surface area contributed by atoms with Crippen LogP contribution in [0.1, 0.15) is 25.7 Å². The molecular weight excluding hydrogens is 277 g/mol. The zero-order valence-corrected chi connectivity index (χ0v) is 11.6. The van der Waals surface area contributed by atoms with Crippen LogP contribution in [0, 0.1) is 5.82 Å². The molecule has 104 valence electrons. The summed E-state index contributed by atoms with van der Waals surface area (Å²) in [5.41, 5.74) is 2.04. The molecule has 0 atom stereocenters. The molecule has 2 heterocycles. The molecule has 1 aromatic heterocycles. The first kappa shape index (κ1) is 13.3. The lowest BCUT2D eigenvalue weighted by Crippen LogP contribution is -2.29. The van der Waals surface area contributed by atoms with Crippen LogP contribution in [-0.4, -0.2) is 22.5 Å². The third-order valence-corrected chi connectivity index (χ3v) is 4.68. The molecule has 0 fully saturated rings.